The second-order valence-electron chi connectivity index (χ2n) is 3.34. The molecule has 2 nitrogen and oxygen atoms in total. The van der Waals surface area contributed by atoms with Crippen molar-refractivity contribution in [1.82, 2.24) is 9.97 Å². The maximum absolute atomic E-state index is 12.2. The number of alkyl halides is 3. The fraction of sp³-hybridized carbons (Fsp3) is 0.444. The summed E-state index contributed by atoms with van der Waals surface area (Å²) in [5.41, 5.74) is 0.512. The minimum Gasteiger partial charge on any atom is -0.241 e. The first-order valence-corrected chi connectivity index (χ1v) is 4.20. The lowest BCUT2D eigenvalue weighted by Gasteiger charge is -2.04. The van der Waals surface area contributed by atoms with E-state index in [9.17, 15) is 13.2 Å². The number of rotatable bonds is 1. The molecule has 1 saturated carbocycles. The average Bonchev–Trinajstić information content (AvgIpc) is 2.83. The molecule has 0 amide bonds. The number of nitrogens with zero attached hydrogens (tertiary/aromatic N) is 2. The zero-order chi connectivity index (χ0) is 10.3. The summed E-state index contributed by atoms with van der Waals surface area (Å²) in [6, 6.07) is 0. The van der Waals surface area contributed by atoms with E-state index in [1.165, 1.54) is 12.4 Å². The van der Waals surface area contributed by atoms with E-state index in [-0.39, 0.29) is 6.42 Å². The highest BCUT2D eigenvalue weighted by Gasteiger charge is 2.56. The number of aryl methyl sites for hydroxylation is 1. The Kier molecular flexibility index (Phi) is 1.97. The van der Waals surface area contributed by atoms with E-state index in [4.69, 9.17) is 0 Å². The molecule has 1 aliphatic rings. The second kappa shape index (κ2) is 2.93. The first-order valence-electron chi connectivity index (χ1n) is 4.20. The molecule has 1 heterocycles. The minimum absolute atomic E-state index is 0.0932. The summed E-state index contributed by atoms with van der Waals surface area (Å²) >= 11 is 0. The van der Waals surface area contributed by atoms with Crippen LogP contribution in [-0.2, 0) is 0 Å². The van der Waals surface area contributed by atoms with Crippen LogP contribution in [0.3, 0.4) is 0 Å². The van der Waals surface area contributed by atoms with Crippen LogP contribution >= 0.6 is 0 Å². The fourth-order valence-corrected chi connectivity index (χ4v) is 1.35. The van der Waals surface area contributed by atoms with Gasteiger partial charge in [-0.1, -0.05) is 0 Å². The Morgan fingerprint density at radius 3 is 2.29 bits per heavy atom. The molecule has 1 aliphatic carbocycles. The Hall–Kier alpha value is -1.13. The van der Waals surface area contributed by atoms with Crippen LogP contribution in [0.25, 0.3) is 0 Å². The summed E-state index contributed by atoms with van der Waals surface area (Å²) < 4.78 is 36.6. The highest BCUT2D eigenvalue weighted by molar-refractivity contribution is 5.38. The van der Waals surface area contributed by atoms with Crippen molar-refractivity contribution in [2.75, 3.05) is 0 Å². The first kappa shape index (κ1) is 9.43. The van der Waals surface area contributed by atoms with E-state index >= 15 is 0 Å². The van der Waals surface area contributed by atoms with Gasteiger partial charge in [0.25, 0.3) is 0 Å². The third-order valence-electron chi connectivity index (χ3n) is 2.23. The Labute approximate surface area is 79.2 Å². The summed E-state index contributed by atoms with van der Waals surface area (Å²) in [6.45, 7) is 1.70. The third-order valence-corrected chi connectivity index (χ3v) is 2.23. The van der Waals surface area contributed by atoms with Crippen LogP contribution in [0.1, 0.15) is 17.8 Å². The van der Waals surface area contributed by atoms with Crippen LogP contribution in [-0.4, -0.2) is 16.1 Å². The zero-order valence-corrected chi connectivity index (χ0v) is 7.47. The lowest BCUT2D eigenvalue weighted by molar-refractivity contribution is -0.145. The molecule has 0 aliphatic heterocycles. The quantitative estimate of drug-likeness (QED) is 0.696. The molecular weight excluding hydrogens is 193 g/mol. The Morgan fingerprint density at radius 1 is 1.29 bits per heavy atom. The number of hydrogen-bond acceptors (Lipinski definition) is 2. The van der Waals surface area contributed by atoms with Crippen LogP contribution in [0.4, 0.5) is 13.2 Å². The van der Waals surface area contributed by atoms with Crippen molar-refractivity contribution < 1.29 is 13.2 Å². The van der Waals surface area contributed by atoms with E-state index < -0.39 is 12.1 Å². The first-order chi connectivity index (χ1) is 6.48. The molecule has 14 heavy (non-hydrogen) atoms. The van der Waals surface area contributed by atoms with Crippen molar-refractivity contribution in [3.05, 3.63) is 29.7 Å². The number of aromatic nitrogens is 2. The van der Waals surface area contributed by atoms with E-state index in [1.807, 2.05) is 0 Å². The van der Waals surface area contributed by atoms with E-state index in [0.29, 0.717) is 17.3 Å². The van der Waals surface area contributed by atoms with Crippen LogP contribution in [0.2, 0.25) is 0 Å². The van der Waals surface area contributed by atoms with Gasteiger partial charge in [0.05, 0.1) is 5.92 Å². The average molecular weight is 201 g/mol. The van der Waals surface area contributed by atoms with Crippen LogP contribution in [0.15, 0.2) is 12.4 Å². The molecule has 0 aromatic carbocycles. The molecule has 1 aromatic heterocycles. The molecule has 0 bridgehead atoms. The molecule has 0 saturated heterocycles. The predicted molar refractivity (Wildman–Crippen MR) is 43.3 cm³/mol. The van der Waals surface area contributed by atoms with Gasteiger partial charge in [-0.15, -0.1) is 0 Å². The Bertz CT molecular complexity index is 331. The van der Waals surface area contributed by atoms with Gasteiger partial charge < -0.3 is 0 Å². The van der Waals surface area contributed by atoms with E-state index in [0.717, 1.165) is 0 Å². The van der Waals surface area contributed by atoms with Gasteiger partial charge in [-0.3, -0.25) is 0 Å². The number of hydrogen-bond donors (Lipinski definition) is 0. The normalized spacial score (nSPS) is 22.4. The highest BCUT2D eigenvalue weighted by atomic mass is 19.4. The van der Waals surface area contributed by atoms with Gasteiger partial charge in [-0.25, -0.2) is 9.97 Å². The summed E-state index contributed by atoms with van der Waals surface area (Å²) in [5.74, 6) is -0.301. The predicted octanol–water partition coefficient (Wildman–Crippen LogP) is 2.29. The summed E-state index contributed by atoms with van der Waals surface area (Å²) in [4.78, 5) is 7.72. The van der Waals surface area contributed by atoms with Gasteiger partial charge in [0.15, 0.2) is 0 Å². The van der Waals surface area contributed by atoms with Crippen LogP contribution in [0, 0.1) is 18.8 Å². The Morgan fingerprint density at radius 2 is 1.86 bits per heavy atom. The van der Waals surface area contributed by atoms with Crippen molar-refractivity contribution in [2.24, 2.45) is 5.92 Å². The van der Waals surface area contributed by atoms with Gasteiger partial charge in [-0.2, -0.15) is 13.2 Å². The summed E-state index contributed by atoms with van der Waals surface area (Å²) in [5, 5.41) is 0. The van der Waals surface area contributed by atoms with Crippen LogP contribution < -0.4 is 0 Å². The molecule has 1 atom stereocenters. The molecule has 1 unspecified atom stereocenters. The zero-order valence-electron chi connectivity index (χ0n) is 7.47. The molecule has 1 aromatic rings. The fourth-order valence-electron chi connectivity index (χ4n) is 1.35. The number of halogens is 3. The summed E-state index contributed by atoms with van der Waals surface area (Å²) in [7, 11) is 0. The van der Waals surface area contributed by atoms with Gasteiger partial charge in [0.1, 0.15) is 5.82 Å². The lowest BCUT2D eigenvalue weighted by Crippen LogP contribution is -2.11. The van der Waals surface area contributed by atoms with E-state index in [2.05, 4.69) is 9.97 Å². The maximum atomic E-state index is 12.2. The molecule has 1 fully saturated rings. The lowest BCUT2D eigenvalue weighted by atomic mass is 10.2. The molecule has 5 heteroatoms. The monoisotopic (exact) mass is 201 g/mol. The molecule has 1 radical (unpaired) electrons. The van der Waals surface area contributed by atoms with Gasteiger partial charge in [0.2, 0.25) is 0 Å². The third kappa shape index (κ3) is 1.71. The van der Waals surface area contributed by atoms with Crippen molar-refractivity contribution >= 4 is 0 Å². The van der Waals surface area contributed by atoms with Crippen molar-refractivity contribution in [2.45, 2.75) is 19.5 Å². The second-order valence-corrected chi connectivity index (χ2v) is 3.34. The SMILES string of the molecule is Cc1ncc([C]2CC2C(F)(F)F)cn1. The van der Waals surface area contributed by atoms with E-state index in [1.54, 1.807) is 6.92 Å². The molecule has 75 valence electrons. The van der Waals surface area contributed by atoms with Gasteiger partial charge >= 0.3 is 6.18 Å². The van der Waals surface area contributed by atoms with Crippen LogP contribution in [0.5, 0.6) is 0 Å². The molecule has 0 spiro atoms. The highest BCUT2D eigenvalue weighted by Crippen LogP contribution is 2.54. The largest absolute Gasteiger partial charge is 0.392 e. The van der Waals surface area contributed by atoms with Crippen molar-refractivity contribution in [1.29, 1.82) is 0 Å². The topological polar surface area (TPSA) is 25.8 Å². The van der Waals surface area contributed by atoms with Gasteiger partial charge in [0, 0.05) is 18.3 Å². The molecular formula is C9H8F3N2. The summed E-state index contributed by atoms with van der Waals surface area (Å²) in [6.07, 6.45) is -1.12. The molecule has 2 rings (SSSR count). The minimum atomic E-state index is -4.11. The van der Waals surface area contributed by atoms with Gasteiger partial charge in [-0.05, 0) is 18.9 Å². The smallest absolute Gasteiger partial charge is 0.241 e. The maximum Gasteiger partial charge on any atom is 0.392 e. The standard InChI is InChI=1S/C9H8F3N2/c1-5-13-3-6(4-14-5)7-2-8(7)9(10,11)12/h3-4,8H,2H2,1H3. The van der Waals surface area contributed by atoms with Crippen molar-refractivity contribution in [3.8, 4) is 0 Å². The Balaban J connectivity index is 2.10. The van der Waals surface area contributed by atoms with Crippen molar-refractivity contribution in [3.63, 3.8) is 0 Å². The molecule has 0 N–H and O–H groups in total.